The highest BCUT2D eigenvalue weighted by Crippen LogP contribution is 2.35. The maximum absolute atomic E-state index is 12.7. The third-order valence-corrected chi connectivity index (χ3v) is 5.70. The van der Waals surface area contributed by atoms with Gasteiger partial charge >= 0.3 is 0 Å². The van der Waals surface area contributed by atoms with E-state index in [1.54, 1.807) is 0 Å². The molecule has 1 saturated carbocycles. The van der Waals surface area contributed by atoms with E-state index in [9.17, 15) is 9.90 Å². The minimum absolute atomic E-state index is 0.194. The van der Waals surface area contributed by atoms with Crippen molar-refractivity contribution in [1.82, 2.24) is 4.90 Å². The summed E-state index contributed by atoms with van der Waals surface area (Å²) < 4.78 is 5.38. The average Bonchev–Trinajstić information content (AvgIpc) is 2.98. The maximum Gasteiger partial charge on any atom is 0.223 e. The van der Waals surface area contributed by atoms with Crippen LogP contribution in [0.1, 0.15) is 57.8 Å². The molecule has 1 amide bonds. The monoisotopic (exact) mass is 295 g/mol. The van der Waals surface area contributed by atoms with E-state index in [4.69, 9.17) is 4.74 Å². The Morgan fingerprint density at radius 1 is 1.05 bits per heavy atom. The number of nitrogens with zero attached hydrogens (tertiary/aromatic N) is 1. The molecule has 0 aromatic rings. The largest absolute Gasteiger partial charge is 0.393 e. The molecule has 21 heavy (non-hydrogen) atoms. The summed E-state index contributed by atoms with van der Waals surface area (Å²) in [5.41, 5.74) is 0. The first-order valence-electron chi connectivity index (χ1n) is 8.81. The predicted octanol–water partition coefficient (Wildman–Crippen LogP) is 2.35. The lowest BCUT2D eigenvalue weighted by Gasteiger charge is -2.37. The van der Waals surface area contributed by atoms with Gasteiger partial charge in [-0.15, -0.1) is 0 Å². The Kier molecular flexibility index (Phi) is 5.17. The van der Waals surface area contributed by atoms with Crippen molar-refractivity contribution in [3.05, 3.63) is 0 Å². The van der Waals surface area contributed by atoms with E-state index in [1.807, 2.05) is 0 Å². The number of amides is 1. The minimum atomic E-state index is -0.194. The van der Waals surface area contributed by atoms with Crippen LogP contribution in [0.2, 0.25) is 0 Å². The van der Waals surface area contributed by atoms with Crippen LogP contribution in [0.25, 0.3) is 0 Å². The summed E-state index contributed by atoms with van der Waals surface area (Å²) in [6.45, 7) is 2.52. The second kappa shape index (κ2) is 7.10. The van der Waals surface area contributed by atoms with E-state index in [-0.39, 0.29) is 6.10 Å². The van der Waals surface area contributed by atoms with Crippen molar-refractivity contribution in [2.75, 3.05) is 19.8 Å². The van der Waals surface area contributed by atoms with Gasteiger partial charge in [-0.1, -0.05) is 12.8 Å². The average molecular weight is 295 g/mol. The van der Waals surface area contributed by atoms with Crippen LogP contribution in [-0.2, 0) is 9.53 Å². The maximum atomic E-state index is 12.7. The summed E-state index contributed by atoms with van der Waals surface area (Å²) in [4.78, 5) is 14.8. The van der Waals surface area contributed by atoms with E-state index >= 15 is 0 Å². The Labute approximate surface area is 127 Å². The first-order valence-corrected chi connectivity index (χ1v) is 8.81. The molecule has 1 N–H and O–H groups in total. The number of aliphatic hydroxyl groups excluding tert-OH is 1. The van der Waals surface area contributed by atoms with Gasteiger partial charge in [0.2, 0.25) is 5.91 Å². The fourth-order valence-electron chi connectivity index (χ4n) is 4.45. The van der Waals surface area contributed by atoms with Gasteiger partial charge in [0, 0.05) is 38.1 Å². The number of rotatable bonds is 3. The summed E-state index contributed by atoms with van der Waals surface area (Å²) in [5, 5.41) is 10.3. The number of hydrogen-bond acceptors (Lipinski definition) is 3. The Morgan fingerprint density at radius 2 is 1.81 bits per heavy atom. The van der Waals surface area contributed by atoms with E-state index in [0.29, 0.717) is 30.2 Å². The molecule has 3 rings (SSSR count). The van der Waals surface area contributed by atoms with Crippen molar-refractivity contribution in [2.24, 2.45) is 11.8 Å². The van der Waals surface area contributed by atoms with E-state index in [0.717, 1.165) is 64.7 Å². The lowest BCUT2D eigenvalue weighted by Crippen LogP contribution is -2.45. The van der Waals surface area contributed by atoms with Crippen LogP contribution < -0.4 is 0 Å². The van der Waals surface area contributed by atoms with Crippen LogP contribution in [0, 0.1) is 11.8 Å². The van der Waals surface area contributed by atoms with E-state index < -0.39 is 0 Å². The molecule has 3 atom stereocenters. The first-order chi connectivity index (χ1) is 10.3. The number of carbonyl (C=O) groups is 1. The zero-order valence-electron chi connectivity index (χ0n) is 13.0. The first kappa shape index (κ1) is 15.3. The number of likely N-dealkylation sites (tertiary alicyclic amines) is 1. The molecule has 2 heterocycles. The Balaban J connectivity index is 1.58. The van der Waals surface area contributed by atoms with Crippen LogP contribution in [-0.4, -0.2) is 47.8 Å². The molecule has 3 aliphatic rings. The van der Waals surface area contributed by atoms with Crippen LogP contribution in [0.3, 0.4) is 0 Å². The molecule has 3 fully saturated rings. The third-order valence-electron chi connectivity index (χ3n) is 5.70. The van der Waals surface area contributed by atoms with Crippen LogP contribution >= 0.6 is 0 Å². The van der Waals surface area contributed by atoms with Crippen molar-refractivity contribution >= 4 is 5.91 Å². The predicted molar refractivity (Wildman–Crippen MR) is 80.9 cm³/mol. The van der Waals surface area contributed by atoms with Crippen LogP contribution in [0.4, 0.5) is 0 Å². The summed E-state index contributed by atoms with van der Waals surface area (Å²) >= 11 is 0. The summed E-state index contributed by atoms with van der Waals surface area (Å²) in [6, 6.07) is 0.299. The fraction of sp³-hybridized carbons (Fsp3) is 0.941. The van der Waals surface area contributed by atoms with Gasteiger partial charge in [0.05, 0.1) is 6.10 Å². The van der Waals surface area contributed by atoms with E-state index in [1.165, 1.54) is 6.42 Å². The molecule has 0 radical (unpaired) electrons. The number of ether oxygens (including phenoxy) is 1. The molecule has 4 nitrogen and oxygen atoms in total. The normalized spacial score (nSPS) is 35.1. The van der Waals surface area contributed by atoms with Gasteiger partial charge in [0.15, 0.2) is 0 Å². The second-order valence-electron chi connectivity index (χ2n) is 7.07. The lowest BCUT2D eigenvalue weighted by atomic mass is 9.80. The highest BCUT2D eigenvalue weighted by molar-refractivity contribution is 5.77. The zero-order valence-corrected chi connectivity index (χ0v) is 13.0. The third kappa shape index (κ3) is 3.59. The Hall–Kier alpha value is -0.610. The highest BCUT2D eigenvalue weighted by atomic mass is 16.5. The van der Waals surface area contributed by atoms with Crippen molar-refractivity contribution in [1.29, 1.82) is 0 Å². The topological polar surface area (TPSA) is 49.8 Å². The highest BCUT2D eigenvalue weighted by Gasteiger charge is 2.39. The van der Waals surface area contributed by atoms with Gasteiger partial charge in [0.25, 0.3) is 0 Å². The van der Waals surface area contributed by atoms with E-state index in [2.05, 4.69) is 4.90 Å². The molecule has 2 saturated heterocycles. The second-order valence-corrected chi connectivity index (χ2v) is 7.07. The molecule has 0 spiro atoms. The van der Waals surface area contributed by atoms with Crippen LogP contribution in [0.5, 0.6) is 0 Å². The summed E-state index contributed by atoms with van der Waals surface area (Å²) in [7, 11) is 0. The Bertz CT molecular complexity index is 354. The van der Waals surface area contributed by atoms with Gasteiger partial charge in [-0.05, 0) is 44.4 Å². The zero-order chi connectivity index (χ0) is 14.7. The standard InChI is InChI=1S/C17H29NO3/c19-16-6-2-1-4-14(16)15-5-3-9-18(15)17(20)12-13-7-10-21-11-8-13/h13-16,19H,1-12H2. The fourth-order valence-corrected chi connectivity index (χ4v) is 4.45. The van der Waals surface area contributed by atoms with Crippen molar-refractivity contribution in [3.63, 3.8) is 0 Å². The van der Waals surface area contributed by atoms with Crippen molar-refractivity contribution in [2.45, 2.75) is 69.9 Å². The summed E-state index contributed by atoms with van der Waals surface area (Å²) in [6.07, 6.45) is 9.08. The smallest absolute Gasteiger partial charge is 0.223 e. The van der Waals surface area contributed by atoms with Gasteiger partial charge in [-0.3, -0.25) is 4.79 Å². The van der Waals surface area contributed by atoms with Gasteiger partial charge in [-0.2, -0.15) is 0 Å². The molecule has 0 aromatic heterocycles. The molecule has 0 bridgehead atoms. The molecule has 2 aliphatic heterocycles. The molecule has 120 valence electrons. The van der Waals surface area contributed by atoms with Crippen LogP contribution in [0.15, 0.2) is 0 Å². The van der Waals surface area contributed by atoms with Crippen molar-refractivity contribution in [3.8, 4) is 0 Å². The summed E-state index contributed by atoms with van der Waals surface area (Å²) in [5.74, 6) is 1.14. The van der Waals surface area contributed by atoms with Gasteiger partial charge < -0.3 is 14.7 Å². The molecule has 0 aromatic carbocycles. The number of carbonyl (C=O) groups excluding carboxylic acids is 1. The van der Waals surface area contributed by atoms with Crippen molar-refractivity contribution < 1.29 is 14.6 Å². The molecule has 3 unspecified atom stereocenters. The lowest BCUT2D eigenvalue weighted by molar-refractivity contribution is -0.136. The molecule has 1 aliphatic carbocycles. The quantitative estimate of drug-likeness (QED) is 0.869. The van der Waals surface area contributed by atoms with Gasteiger partial charge in [0.1, 0.15) is 0 Å². The molecule has 4 heteroatoms. The molecular formula is C17H29NO3. The number of hydrogen-bond donors (Lipinski definition) is 1. The SMILES string of the molecule is O=C(CC1CCOCC1)N1CCCC1C1CCCCC1O. The van der Waals surface area contributed by atoms with Gasteiger partial charge in [-0.25, -0.2) is 0 Å². The number of aliphatic hydroxyl groups is 1. The molecular weight excluding hydrogens is 266 g/mol. The Morgan fingerprint density at radius 3 is 2.57 bits per heavy atom. The minimum Gasteiger partial charge on any atom is -0.393 e.